The molecule has 1 saturated heterocycles. The van der Waals surface area contributed by atoms with E-state index in [2.05, 4.69) is 76.7 Å². The fraction of sp³-hybridized carbons (Fsp3) is 0.583. The number of nitrogens with zero attached hydrogens (tertiary/aromatic N) is 4. The third kappa shape index (κ3) is 6.44. The number of hydrogen-bond donors (Lipinski definition) is 2. The molecule has 0 radical (unpaired) electrons. The van der Waals surface area contributed by atoms with Gasteiger partial charge in [-0.2, -0.15) is 5.10 Å². The number of benzene rings is 1. The highest BCUT2D eigenvalue weighted by atomic mass is 127. The Balaban J connectivity index is 0.00000341. The molecule has 1 aliphatic heterocycles. The number of likely N-dealkylation sites (tertiary alicyclic amines) is 1. The Hall–Kier alpha value is -1.61. The molecule has 3 rings (SSSR count). The van der Waals surface area contributed by atoms with E-state index in [9.17, 15) is 0 Å². The second-order valence-electron chi connectivity index (χ2n) is 8.17. The number of piperidine rings is 1. The zero-order valence-electron chi connectivity index (χ0n) is 19.7. The summed E-state index contributed by atoms with van der Waals surface area (Å²) in [6.07, 6.45) is 4.20. The number of rotatable bonds is 7. The van der Waals surface area contributed by atoms with Gasteiger partial charge in [0.05, 0.1) is 5.69 Å². The molecule has 2 N–H and O–H groups in total. The van der Waals surface area contributed by atoms with Crippen LogP contribution < -0.4 is 10.6 Å². The topological polar surface area (TPSA) is 57.5 Å². The van der Waals surface area contributed by atoms with Gasteiger partial charge in [0.15, 0.2) is 5.96 Å². The Morgan fingerprint density at radius 1 is 1.16 bits per heavy atom. The van der Waals surface area contributed by atoms with E-state index in [4.69, 9.17) is 0 Å². The van der Waals surface area contributed by atoms with Crippen molar-refractivity contribution in [1.82, 2.24) is 25.3 Å². The fourth-order valence-electron chi connectivity index (χ4n) is 4.53. The summed E-state index contributed by atoms with van der Waals surface area (Å²) in [6, 6.07) is 11.7. The van der Waals surface area contributed by atoms with Crippen molar-refractivity contribution in [2.24, 2.45) is 12.0 Å². The maximum Gasteiger partial charge on any atom is 0.191 e. The largest absolute Gasteiger partial charge is 0.354 e. The Morgan fingerprint density at radius 3 is 2.42 bits per heavy atom. The summed E-state index contributed by atoms with van der Waals surface area (Å²) in [5.74, 6) is 0.887. The lowest BCUT2D eigenvalue weighted by Gasteiger charge is -2.37. The van der Waals surface area contributed by atoms with Crippen molar-refractivity contribution in [3.63, 3.8) is 0 Å². The van der Waals surface area contributed by atoms with E-state index in [1.54, 1.807) is 0 Å². The average molecular weight is 539 g/mol. The number of halogens is 1. The predicted molar refractivity (Wildman–Crippen MR) is 140 cm³/mol. The number of nitrogens with one attached hydrogen (secondary N) is 2. The molecule has 0 aliphatic carbocycles. The lowest BCUT2D eigenvalue weighted by Crippen LogP contribution is -2.48. The van der Waals surface area contributed by atoms with Gasteiger partial charge < -0.3 is 10.6 Å². The standard InChI is InChI=1S/C24H38N6.HI/c1-6-22-21(23(7-2)29(5)28-22)17-26-24(25-4)27-20-13-15-30(16-14-20)18(3)19-11-9-8-10-12-19;/h8-12,18,20H,6-7,13-17H2,1-5H3,(H2,25,26,27);1H. The summed E-state index contributed by atoms with van der Waals surface area (Å²) < 4.78 is 2.02. The van der Waals surface area contributed by atoms with E-state index >= 15 is 0 Å². The Kier molecular flexibility index (Phi) is 10.3. The Bertz CT molecular complexity index is 824. The summed E-state index contributed by atoms with van der Waals surface area (Å²) in [4.78, 5) is 7.05. The maximum absolute atomic E-state index is 4.68. The minimum Gasteiger partial charge on any atom is -0.354 e. The van der Waals surface area contributed by atoms with E-state index in [0.717, 1.165) is 51.3 Å². The number of hydrogen-bond acceptors (Lipinski definition) is 3. The second-order valence-corrected chi connectivity index (χ2v) is 8.17. The van der Waals surface area contributed by atoms with Crippen molar-refractivity contribution in [3.05, 3.63) is 52.8 Å². The zero-order chi connectivity index (χ0) is 21.5. The highest BCUT2D eigenvalue weighted by molar-refractivity contribution is 14.0. The summed E-state index contributed by atoms with van der Waals surface area (Å²) >= 11 is 0. The predicted octanol–water partition coefficient (Wildman–Crippen LogP) is 4.05. The van der Waals surface area contributed by atoms with Crippen molar-refractivity contribution in [3.8, 4) is 0 Å². The quantitative estimate of drug-likeness (QED) is 0.317. The van der Waals surface area contributed by atoms with E-state index in [-0.39, 0.29) is 24.0 Å². The van der Waals surface area contributed by atoms with Crippen LogP contribution in [-0.2, 0) is 26.4 Å². The van der Waals surface area contributed by atoms with Gasteiger partial charge in [0.1, 0.15) is 0 Å². The highest BCUT2D eigenvalue weighted by Gasteiger charge is 2.24. The molecule has 7 heteroatoms. The number of aryl methyl sites for hydroxylation is 2. The molecule has 1 aromatic carbocycles. The second kappa shape index (κ2) is 12.4. The molecule has 1 fully saturated rings. The summed E-state index contributed by atoms with van der Waals surface area (Å²) in [5, 5.41) is 11.8. The van der Waals surface area contributed by atoms with Crippen molar-refractivity contribution in [2.45, 2.75) is 65.1 Å². The number of guanidine groups is 1. The van der Waals surface area contributed by atoms with E-state index in [1.165, 1.54) is 22.5 Å². The van der Waals surface area contributed by atoms with Crippen molar-refractivity contribution in [2.75, 3.05) is 20.1 Å². The summed E-state index contributed by atoms with van der Waals surface area (Å²) in [6.45, 7) is 9.65. The third-order valence-corrected chi connectivity index (χ3v) is 6.38. The summed E-state index contributed by atoms with van der Waals surface area (Å²) in [7, 11) is 3.89. The van der Waals surface area contributed by atoms with Gasteiger partial charge in [0, 0.05) is 57.1 Å². The van der Waals surface area contributed by atoms with Gasteiger partial charge in [-0.1, -0.05) is 44.2 Å². The molecular weight excluding hydrogens is 499 g/mol. The molecule has 6 nitrogen and oxygen atoms in total. The lowest BCUT2D eigenvalue weighted by atomic mass is 10.0. The van der Waals surface area contributed by atoms with Crippen LogP contribution in [0.15, 0.2) is 35.3 Å². The van der Waals surface area contributed by atoms with Gasteiger partial charge in [0.2, 0.25) is 0 Å². The minimum atomic E-state index is 0. The van der Waals surface area contributed by atoms with Crippen molar-refractivity contribution >= 4 is 29.9 Å². The monoisotopic (exact) mass is 538 g/mol. The third-order valence-electron chi connectivity index (χ3n) is 6.38. The number of aromatic nitrogens is 2. The van der Waals surface area contributed by atoms with Crippen LogP contribution in [0, 0.1) is 0 Å². The molecule has 1 atom stereocenters. The maximum atomic E-state index is 4.68. The van der Waals surface area contributed by atoms with Crippen LogP contribution in [0.5, 0.6) is 0 Å². The molecule has 2 heterocycles. The Morgan fingerprint density at radius 2 is 1.84 bits per heavy atom. The van der Waals surface area contributed by atoms with Crippen molar-refractivity contribution < 1.29 is 0 Å². The highest BCUT2D eigenvalue weighted by Crippen LogP contribution is 2.24. The smallest absolute Gasteiger partial charge is 0.191 e. The molecule has 0 bridgehead atoms. The molecule has 1 unspecified atom stereocenters. The molecule has 1 aliphatic rings. The summed E-state index contributed by atoms with van der Waals surface area (Å²) in [5.41, 5.74) is 5.20. The molecular formula is C24H39IN6. The normalized spacial score (nSPS) is 16.6. The van der Waals surface area contributed by atoms with Crippen LogP contribution in [0.4, 0.5) is 0 Å². The Labute approximate surface area is 204 Å². The fourth-order valence-corrected chi connectivity index (χ4v) is 4.53. The molecule has 0 saturated carbocycles. The first-order valence-corrected chi connectivity index (χ1v) is 11.4. The first kappa shape index (κ1) is 25.6. The first-order valence-electron chi connectivity index (χ1n) is 11.4. The van der Waals surface area contributed by atoms with E-state index in [0.29, 0.717) is 12.1 Å². The lowest BCUT2D eigenvalue weighted by molar-refractivity contribution is 0.158. The van der Waals surface area contributed by atoms with Gasteiger partial charge in [-0.3, -0.25) is 14.6 Å². The van der Waals surface area contributed by atoms with Gasteiger partial charge >= 0.3 is 0 Å². The number of aliphatic imine (C=N–C) groups is 1. The van der Waals surface area contributed by atoms with Crippen molar-refractivity contribution in [1.29, 1.82) is 0 Å². The van der Waals surface area contributed by atoms with Crippen LogP contribution in [0.3, 0.4) is 0 Å². The van der Waals surface area contributed by atoms with Crippen LogP contribution >= 0.6 is 24.0 Å². The molecule has 0 amide bonds. The zero-order valence-corrected chi connectivity index (χ0v) is 22.0. The molecule has 2 aromatic rings. The van der Waals surface area contributed by atoms with Gasteiger partial charge in [-0.05, 0) is 38.2 Å². The van der Waals surface area contributed by atoms with E-state index < -0.39 is 0 Å². The SMILES string of the molecule is CCc1nn(C)c(CC)c1CNC(=NC)NC1CCN(C(C)c2ccccc2)CC1.I. The van der Waals surface area contributed by atoms with Gasteiger partial charge in [-0.25, -0.2) is 0 Å². The molecule has 1 aromatic heterocycles. The van der Waals surface area contributed by atoms with E-state index in [1.807, 2.05) is 18.8 Å². The first-order chi connectivity index (χ1) is 14.6. The van der Waals surface area contributed by atoms with Crippen LogP contribution in [-0.4, -0.2) is 46.8 Å². The average Bonchev–Trinajstić information content (AvgIpc) is 3.11. The minimum absolute atomic E-state index is 0. The van der Waals surface area contributed by atoms with Crippen LogP contribution in [0.25, 0.3) is 0 Å². The van der Waals surface area contributed by atoms with Crippen LogP contribution in [0.2, 0.25) is 0 Å². The van der Waals surface area contributed by atoms with Crippen LogP contribution in [0.1, 0.15) is 62.2 Å². The molecule has 31 heavy (non-hydrogen) atoms. The molecule has 0 spiro atoms. The van der Waals surface area contributed by atoms with Gasteiger partial charge in [0.25, 0.3) is 0 Å². The molecule has 172 valence electrons. The van der Waals surface area contributed by atoms with Gasteiger partial charge in [-0.15, -0.1) is 24.0 Å².